The molecular formula is C12H22O. The van der Waals surface area contributed by atoms with Gasteiger partial charge in [0.2, 0.25) is 0 Å². The van der Waals surface area contributed by atoms with Crippen LogP contribution in [0, 0.1) is 11.3 Å². The first-order valence-corrected chi connectivity index (χ1v) is 4.86. The van der Waals surface area contributed by atoms with Crippen molar-refractivity contribution in [1.29, 1.82) is 0 Å². The average molecular weight is 182 g/mol. The highest BCUT2D eigenvalue weighted by atomic mass is 16.3. The van der Waals surface area contributed by atoms with Crippen molar-refractivity contribution in [2.24, 2.45) is 11.3 Å². The van der Waals surface area contributed by atoms with Gasteiger partial charge in [-0.15, -0.1) is 13.2 Å². The van der Waals surface area contributed by atoms with Gasteiger partial charge in [0.15, 0.2) is 0 Å². The Kier molecular flexibility index (Phi) is 5.01. The van der Waals surface area contributed by atoms with Gasteiger partial charge in [-0.25, -0.2) is 0 Å². The van der Waals surface area contributed by atoms with Gasteiger partial charge in [-0.3, -0.25) is 0 Å². The first-order valence-electron chi connectivity index (χ1n) is 4.86. The topological polar surface area (TPSA) is 20.2 Å². The molecule has 0 aromatic heterocycles. The van der Waals surface area contributed by atoms with E-state index in [1.165, 1.54) is 0 Å². The van der Waals surface area contributed by atoms with E-state index < -0.39 is 0 Å². The lowest BCUT2D eigenvalue weighted by atomic mass is 9.73. The SMILES string of the molecule is C=CC[C@@H](C)C(C)(C)[C@H](O)CC=C. The van der Waals surface area contributed by atoms with Gasteiger partial charge in [-0.05, 0) is 24.2 Å². The fourth-order valence-corrected chi connectivity index (χ4v) is 1.34. The molecule has 13 heavy (non-hydrogen) atoms. The highest BCUT2D eigenvalue weighted by Crippen LogP contribution is 2.34. The molecule has 0 unspecified atom stereocenters. The summed E-state index contributed by atoms with van der Waals surface area (Å²) < 4.78 is 0. The van der Waals surface area contributed by atoms with Gasteiger partial charge in [0, 0.05) is 0 Å². The molecule has 0 rings (SSSR count). The molecule has 0 bridgehead atoms. The fourth-order valence-electron chi connectivity index (χ4n) is 1.34. The fraction of sp³-hybridized carbons (Fsp3) is 0.667. The summed E-state index contributed by atoms with van der Waals surface area (Å²) >= 11 is 0. The Morgan fingerprint density at radius 1 is 1.23 bits per heavy atom. The van der Waals surface area contributed by atoms with E-state index in [9.17, 15) is 5.11 Å². The summed E-state index contributed by atoms with van der Waals surface area (Å²) in [6, 6.07) is 0. The summed E-state index contributed by atoms with van der Waals surface area (Å²) in [7, 11) is 0. The molecule has 0 aromatic carbocycles. The van der Waals surface area contributed by atoms with E-state index in [0.29, 0.717) is 12.3 Å². The molecule has 0 saturated heterocycles. The Morgan fingerprint density at radius 2 is 1.69 bits per heavy atom. The van der Waals surface area contributed by atoms with E-state index >= 15 is 0 Å². The van der Waals surface area contributed by atoms with E-state index in [-0.39, 0.29) is 11.5 Å². The van der Waals surface area contributed by atoms with Crippen molar-refractivity contribution in [2.75, 3.05) is 0 Å². The lowest BCUT2D eigenvalue weighted by Crippen LogP contribution is -2.34. The van der Waals surface area contributed by atoms with Crippen molar-refractivity contribution in [3.63, 3.8) is 0 Å². The predicted molar refractivity (Wildman–Crippen MR) is 58.6 cm³/mol. The summed E-state index contributed by atoms with van der Waals surface area (Å²) in [5, 5.41) is 9.87. The quantitative estimate of drug-likeness (QED) is 0.626. The number of hydrogen-bond donors (Lipinski definition) is 1. The third-order valence-corrected chi connectivity index (χ3v) is 3.04. The number of allylic oxidation sites excluding steroid dienone is 1. The van der Waals surface area contributed by atoms with Crippen molar-refractivity contribution in [3.8, 4) is 0 Å². The zero-order chi connectivity index (χ0) is 10.5. The van der Waals surface area contributed by atoms with Gasteiger partial charge in [0.25, 0.3) is 0 Å². The van der Waals surface area contributed by atoms with E-state index in [0.717, 1.165) is 6.42 Å². The molecule has 0 aromatic rings. The molecule has 0 saturated carbocycles. The Hall–Kier alpha value is -0.560. The minimum absolute atomic E-state index is 0.0671. The summed E-state index contributed by atoms with van der Waals surface area (Å²) in [6.45, 7) is 13.7. The van der Waals surface area contributed by atoms with Crippen LogP contribution in [0.15, 0.2) is 25.3 Å². The average Bonchev–Trinajstić information content (AvgIpc) is 2.05. The molecule has 0 heterocycles. The maximum absolute atomic E-state index is 9.87. The number of hydrogen-bond acceptors (Lipinski definition) is 1. The minimum atomic E-state index is -0.306. The first-order chi connectivity index (χ1) is 5.96. The molecule has 0 amide bonds. The molecule has 1 heteroatoms. The standard InChI is InChI=1S/C12H22O/c1-6-8-10(3)12(4,5)11(13)9-7-2/h6-7,10-11,13H,1-2,8-9H2,3-5H3/t10-,11-/m1/s1. The summed E-state index contributed by atoms with van der Waals surface area (Å²) in [6.07, 6.45) is 4.98. The van der Waals surface area contributed by atoms with E-state index in [4.69, 9.17) is 0 Å². The summed E-state index contributed by atoms with van der Waals surface area (Å²) in [5.41, 5.74) is -0.0671. The van der Waals surface area contributed by atoms with E-state index in [1.807, 2.05) is 6.08 Å². The zero-order valence-corrected chi connectivity index (χ0v) is 9.09. The molecule has 1 nitrogen and oxygen atoms in total. The van der Waals surface area contributed by atoms with Crippen molar-refractivity contribution in [2.45, 2.75) is 39.7 Å². The molecular weight excluding hydrogens is 160 g/mol. The second kappa shape index (κ2) is 5.23. The second-order valence-corrected chi connectivity index (χ2v) is 4.29. The monoisotopic (exact) mass is 182 g/mol. The van der Waals surface area contributed by atoms with Crippen LogP contribution in [0.5, 0.6) is 0 Å². The maximum Gasteiger partial charge on any atom is 0.0628 e. The molecule has 0 aliphatic heterocycles. The van der Waals surface area contributed by atoms with Gasteiger partial charge in [0.05, 0.1) is 6.10 Å². The van der Waals surface area contributed by atoms with Crippen molar-refractivity contribution in [3.05, 3.63) is 25.3 Å². The van der Waals surface area contributed by atoms with Gasteiger partial charge in [0.1, 0.15) is 0 Å². The zero-order valence-electron chi connectivity index (χ0n) is 9.09. The molecule has 0 aliphatic carbocycles. The van der Waals surface area contributed by atoms with Crippen LogP contribution in [0.1, 0.15) is 33.6 Å². The van der Waals surface area contributed by atoms with Crippen LogP contribution >= 0.6 is 0 Å². The smallest absolute Gasteiger partial charge is 0.0628 e. The summed E-state index contributed by atoms with van der Waals surface area (Å²) in [5.74, 6) is 0.444. The second-order valence-electron chi connectivity index (χ2n) is 4.29. The van der Waals surface area contributed by atoms with Crippen LogP contribution in [0.2, 0.25) is 0 Å². The third-order valence-electron chi connectivity index (χ3n) is 3.04. The lowest BCUT2D eigenvalue weighted by molar-refractivity contribution is 0.0150. The number of rotatable bonds is 6. The minimum Gasteiger partial charge on any atom is -0.392 e. The predicted octanol–water partition coefficient (Wildman–Crippen LogP) is 3.16. The highest BCUT2D eigenvalue weighted by Gasteiger charge is 2.31. The first kappa shape index (κ1) is 12.4. The van der Waals surface area contributed by atoms with Crippen LogP contribution in [-0.4, -0.2) is 11.2 Å². The van der Waals surface area contributed by atoms with Crippen LogP contribution in [0.3, 0.4) is 0 Å². The van der Waals surface area contributed by atoms with Crippen LogP contribution in [0.25, 0.3) is 0 Å². The molecule has 1 N–H and O–H groups in total. The van der Waals surface area contributed by atoms with Gasteiger partial charge in [-0.1, -0.05) is 32.9 Å². The van der Waals surface area contributed by atoms with Crippen LogP contribution < -0.4 is 0 Å². The molecule has 0 aliphatic rings. The van der Waals surface area contributed by atoms with Crippen molar-refractivity contribution < 1.29 is 5.11 Å². The van der Waals surface area contributed by atoms with Crippen molar-refractivity contribution in [1.82, 2.24) is 0 Å². The molecule has 2 atom stereocenters. The van der Waals surface area contributed by atoms with Crippen LogP contribution in [0.4, 0.5) is 0 Å². The Bertz CT molecular complexity index is 152. The molecule has 76 valence electrons. The Labute approximate surface area is 82.2 Å². The normalized spacial score (nSPS) is 16.3. The molecule has 0 fully saturated rings. The largest absolute Gasteiger partial charge is 0.392 e. The molecule has 0 spiro atoms. The lowest BCUT2D eigenvalue weighted by Gasteiger charge is -2.35. The maximum atomic E-state index is 9.87. The molecule has 0 radical (unpaired) electrons. The summed E-state index contributed by atoms with van der Waals surface area (Å²) in [4.78, 5) is 0. The van der Waals surface area contributed by atoms with Gasteiger partial charge >= 0.3 is 0 Å². The van der Waals surface area contributed by atoms with E-state index in [1.54, 1.807) is 6.08 Å². The van der Waals surface area contributed by atoms with Gasteiger partial charge in [-0.2, -0.15) is 0 Å². The van der Waals surface area contributed by atoms with Gasteiger partial charge < -0.3 is 5.11 Å². The van der Waals surface area contributed by atoms with Crippen LogP contribution in [-0.2, 0) is 0 Å². The Balaban J connectivity index is 4.33. The van der Waals surface area contributed by atoms with E-state index in [2.05, 4.69) is 33.9 Å². The number of aliphatic hydroxyl groups is 1. The Morgan fingerprint density at radius 3 is 2.08 bits per heavy atom. The van der Waals surface area contributed by atoms with Crippen molar-refractivity contribution >= 4 is 0 Å². The third kappa shape index (κ3) is 3.35. The number of aliphatic hydroxyl groups excluding tert-OH is 1. The highest BCUT2D eigenvalue weighted by molar-refractivity contribution is 4.89.